The first-order valence-corrected chi connectivity index (χ1v) is 10.2. The number of rotatable bonds is 8. The van der Waals surface area contributed by atoms with Crippen molar-refractivity contribution in [2.75, 3.05) is 38.6 Å². The molecule has 4 nitrogen and oxygen atoms in total. The van der Waals surface area contributed by atoms with E-state index in [9.17, 15) is 4.79 Å². The fraction of sp³-hybridized carbons (Fsp3) is 0.650. The maximum atomic E-state index is 12.3. The number of hydrogen-bond acceptors (Lipinski definition) is 4. The number of carbonyl (C=O) groups is 1. The van der Waals surface area contributed by atoms with Crippen LogP contribution in [-0.2, 0) is 9.53 Å². The summed E-state index contributed by atoms with van der Waals surface area (Å²) in [7, 11) is 0. The molecule has 1 atom stereocenters. The van der Waals surface area contributed by atoms with Crippen LogP contribution in [0.3, 0.4) is 0 Å². The van der Waals surface area contributed by atoms with Crippen LogP contribution in [0.15, 0.2) is 23.1 Å². The minimum atomic E-state index is 0.118. The molecule has 1 fully saturated rings. The monoisotopic (exact) mass is 364 g/mol. The molecule has 1 N–H and O–H groups in total. The molecular formula is C20H32N2O2S. The lowest BCUT2D eigenvalue weighted by Crippen LogP contribution is -2.49. The molecule has 1 aliphatic rings. The summed E-state index contributed by atoms with van der Waals surface area (Å²) in [6, 6.07) is 6.78. The molecule has 25 heavy (non-hydrogen) atoms. The molecule has 140 valence electrons. The summed E-state index contributed by atoms with van der Waals surface area (Å²) in [5, 5.41) is 3.15. The molecule has 1 amide bonds. The van der Waals surface area contributed by atoms with Crippen LogP contribution in [0.2, 0.25) is 0 Å². The number of carbonyl (C=O) groups excluding carboxylic acids is 1. The standard InChI is InChI=1S/C20H32N2O2S/c1-15(2)11-18(22-7-9-24-10-8-22)13-21-20(23)14-25-19-12-16(3)5-6-17(19)4/h5-6,12,15,18H,7-11,13-14H2,1-4H3,(H,21,23). The van der Waals surface area contributed by atoms with Gasteiger partial charge in [-0.25, -0.2) is 0 Å². The van der Waals surface area contributed by atoms with Crippen molar-refractivity contribution in [1.29, 1.82) is 0 Å². The van der Waals surface area contributed by atoms with E-state index < -0.39 is 0 Å². The van der Waals surface area contributed by atoms with E-state index >= 15 is 0 Å². The zero-order valence-electron chi connectivity index (χ0n) is 16.0. The number of morpholine rings is 1. The minimum absolute atomic E-state index is 0.118. The van der Waals surface area contributed by atoms with Gasteiger partial charge in [-0.05, 0) is 37.8 Å². The zero-order chi connectivity index (χ0) is 18.2. The molecule has 0 radical (unpaired) electrons. The van der Waals surface area contributed by atoms with Crippen molar-refractivity contribution in [3.63, 3.8) is 0 Å². The summed E-state index contributed by atoms with van der Waals surface area (Å²) in [4.78, 5) is 16.0. The first-order valence-electron chi connectivity index (χ1n) is 9.24. The second-order valence-electron chi connectivity index (χ2n) is 7.29. The van der Waals surface area contributed by atoms with E-state index in [1.165, 1.54) is 16.0 Å². The quantitative estimate of drug-likeness (QED) is 0.719. The molecule has 1 aliphatic heterocycles. The fourth-order valence-corrected chi connectivity index (χ4v) is 4.09. The number of benzene rings is 1. The minimum Gasteiger partial charge on any atom is -0.379 e. The fourth-order valence-electron chi connectivity index (χ4n) is 3.14. The molecule has 1 aromatic carbocycles. The lowest BCUT2D eigenvalue weighted by Gasteiger charge is -2.35. The highest BCUT2D eigenvalue weighted by atomic mass is 32.2. The maximum absolute atomic E-state index is 12.3. The van der Waals surface area contributed by atoms with Crippen molar-refractivity contribution in [1.82, 2.24) is 10.2 Å². The Bertz CT molecular complexity index is 557. The van der Waals surface area contributed by atoms with E-state index in [1.54, 1.807) is 11.8 Å². The molecule has 0 aromatic heterocycles. The molecule has 2 rings (SSSR count). The van der Waals surface area contributed by atoms with Crippen LogP contribution >= 0.6 is 11.8 Å². The number of nitrogens with one attached hydrogen (secondary N) is 1. The summed E-state index contributed by atoms with van der Waals surface area (Å²) in [6.45, 7) is 12.9. The number of hydrogen-bond donors (Lipinski definition) is 1. The second-order valence-corrected chi connectivity index (χ2v) is 8.31. The first kappa shape index (κ1) is 20.3. The van der Waals surface area contributed by atoms with Crippen molar-refractivity contribution in [2.45, 2.75) is 45.1 Å². The highest BCUT2D eigenvalue weighted by Gasteiger charge is 2.22. The number of thioether (sulfide) groups is 1. The van der Waals surface area contributed by atoms with E-state index in [0.29, 0.717) is 17.7 Å². The molecule has 1 saturated heterocycles. The van der Waals surface area contributed by atoms with Crippen molar-refractivity contribution < 1.29 is 9.53 Å². The summed E-state index contributed by atoms with van der Waals surface area (Å²) >= 11 is 1.62. The lowest BCUT2D eigenvalue weighted by molar-refractivity contribution is -0.118. The van der Waals surface area contributed by atoms with Gasteiger partial charge in [0.2, 0.25) is 5.91 Å². The Balaban J connectivity index is 1.82. The predicted molar refractivity (Wildman–Crippen MR) is 105 cm³/mol. The van der Waals surface area contributed by atoms with Gasteiger partial charge in [-0.1, -0.05) is 31.5 Å². The van der Waals surface area contributed by atoms with Crippen LogP contribution in [0, 0.1) is 19.8 Å². The van der Waals surface area contributed by atoms with Crippen LogP contribution in [0.25, 0.3) is 0 Å². The van der Waals surface area contributed by atoms with Crippen LogP contribution < -0.4 is 5.32 Å². The largest absolute Gasteiger partial charge is 0.379 e. The molecule has 5 heteroatoms. The van der Waals surface area contributed by atoms with Gasteiger partial charge < -0.3 is 10.1 Å². The Kier molecular flexibility index (Phi) is 8.27. The van der Waals surface area contributed by atoms with Crippen LogP contribution in [0.5, 0.6) is 0 Å². The van der Waals surface area contributed by atoms with Crippen molar-refractivity contribution in [3.05, 3.63) is 29.3 Å². The van der Waals surface area contributed by atoms with Crippen molar-refractivity contribution in [3.8, 4) is 0 Å². The van der Waals surface area contributed by atoms with Gasteiger partial charge in [0.15, 0.2) is 0 Å². The number of amides is 1. The van der Waals surface area contributed by atoms with Crippen molar-refractivity contribution >= 4 is 17.7 Å². The van der Waals surface area contributed by atoms with Crippen LogP contribution in [-0.4, -0.2) is 55.4 Å². The van der Waals surface area contributed by atoms with Crippen LogP contribution in [0.4, 0.5) is 0 Å². The number of ether oxygens (including phenoxy) is 1. The summed E-state index contributed by atoms with van der Waals surface area (Å²) in [5.41, 5.74) is 2.47. The topological polar surface area (TPSA) is 41.6 Å². The first-order chi connectivity index (χ1) is 12.0. The SMILES string of the molecule is Cc1ccc(C)c(SCC(=O)NCC(CC(C)C)N2CCOCC2)c1. The van der Waals surface area contributed by atoms with Crippen molar-refractivity contribution in [2.24, 2.45) is 5.92 Å². The molecule has 0 aliphatic carbocycles. The third-order valence-corrected chi connectivity index (χ3v) is 5.70. The average molecular weight is 365 g/mol. The lowest BCUT2D eigenvalue weighted by atomic mass is 10.0. The molecular weight excluding hydrogens is 332 g/mol. The Morgan fingerprint density at radius 3 is 2.68 bits per heavy atom. The van der Waals surface area contributed by atoms with E-state index in [0.717, 1.165) is 39.3 Å². The number of aryl methyl sites for hydroxylation is 2. The maximum Gasteiger partial charge on any atom is 0.230 e. The predicted octanol–water partition coefficient (Wildman–Crippen LogP) is 3.26. The van der Waals surface area contributed by atoms with Gasteiger partial charge in [0.25, 0.3) is 0 Å². The molecule has 1 aromatic rings. The molecule has 1 heterocycles. The van der Waals surface area contributed by atoms with Gasteiger partial charge in [-0.2, -0.15) is 0 Å². The summed E-state index contributed by atoms with van der Waals surface area (Å²) < 4.78 is 5.46. The van der Waals surface area contributed by atoms with E-state index in [1.807, 2.05) is 0 Å². The van der Waals surface area contributed by atoms with Crippen LogP contribution in [0.1, 0.15) is 31.4 Å². The number of nitrogens with zero attached hydrogens (tertiary/aromatic N) is 1. The van der Waals surface area contributed by atoms with Gasteiger partial charge in [-0.3, -0.25) is 9.69 Å². The molecule has 1 unspecified atom stereocenters. The van der Waals surface area contributed by atoms with E-state index in [-0.39, 0.29) is 5.91 Å². The van der Waals surface area contributed by atoms with Gasteiger partial charge in [0, 0.05) is 30.6 Å². The molecule has 0 spiro atoms. The normalized spacial score (nSPS) is 16.8. The Labute approximate surface area is 156 Å². The van der Waals surface area contributed by atoms with Gasteiger partial charge in [0.1, 0.15) is 0 Å². The highest BCUT2D eigenvalue weighted by Crippen LogP contribution is 2.23. The van der Waals surface area contributed by atoms with Gasteiger partial charge in [0.05, 0.1) is 19.0 Å². The smallest absolute Gasteiger partial charge is 0.230 e. The van der Waals surface area contributed by atoms with E-state index in [4.69, 9.17) is 4.74 Å². The zero-order valence-corrected chi connectivity index (χ0v) is 16.8. The third kappa shape index (κ3) is 7.00. The van der Waals surface area contributed by atoms with Gasteiger partial charge in [-0.15, -0.1) is 11.8 Å². The molecule has 0 bridgehead atoms. The highest BCUT2D eigenvalue weighted by molar-refractivity contribution is 8.00. The summed E-state index contributed by atoms with van der Waals surface area (Å²) in [5.74, 6) is 1.21. The van der Waals surface area contributed by atoms with Gasteiger partial charge >= 0.3 is 0 Å². The average Bonchev–Trinajstić information content (AvgIpc) is 2.59. The Morgan fingerprint density at radius 2 is 2.00 bits per heavy atom. The Morgan fingerprint density at radius 1 is 1.28 bits per heavy atom. The summed E-state index contributed by atoms with van der Waals surface area (Å²) in [6.07, 6.45) is 1.10. The van der Waals surface area contributed by atoms with E-state index in [2.05, 4.69) is 56.1 Å². The second kappa shape index (κ2) is 10.2. The molecule has 0 saturated carbocycles. The third-order valence-electron chi connectivity index (χ3n) is 4.54. The Hall–Kier alpha value is -1.04.